The minimum absolute atomic E-state index is 0.0821. The average molecular weight is 545 g/mol. The highest BCUT2D eigenvalue weighted by atomic mass is 16.7. The molecule has 12 atom stereocenters. The van der Waals surface area contributed by atoms with Crippen LogP contribution in [0.4, 0.5) is 0 Å². The van der Waals surface area contributed by atoms with Gasteiger partial charge in [0.2, 0.25) is 6.29 Å². The Morgan fingerprint density at radius 3 is 2.23 bits per heavy atom. The number of aliphatic hydroxyl groups is 2. The van der Waals surface area contributed by atoms with Crippen molar-refractivity contribution in [2.24, 2.45) is 45.3 Å². The first-order valence-electron chi connectivity index (χ1n) is 15.5. The zero-order chi connectivity index (χ0) is 28.6. The fraction of sp³-hybridized carbons (Fsp3) is 0.909. The molecule has 12 unspecified atom stereocenters. The maximum Gasteiger partial charge on any atom is 0.304 e. The number of epoxide rings is 1. The number of fused-ring (bicyclic) bond motifs is 5. The average Bonchev–Trinajstić information content (AvgIpc) is 3.13. The summed E-state index contributed by atoms with van der Waals surface area (Å²) in [4.78, 5) is 12.2. The van der Waals surface area contributed by atoms with Gasteiger partial charge in [0.05, 0.1) is 23.9 Å². The van der Waals surface area contributed by atoms with Gasteiger partial charge in [0.1, 0.15) is 5.60 Å². The van der Waals surface area contributed by atoms with Crippen molar-refractivity contribution >= 4 is 5.97 Å². The van der Waals surface area contributed by atoms with Crippen molar-refractivity contribution in [1.29, 1.82) is 0 Å². The summed E-state index contributed by atoms with van der Waals surface area (Å²) in [5.41, 5.74) is 0.303. The fourth-order valence-corrected chi connectivity index (χ4v) is 11.3. The molecule has 0 bridgehead atoms. The second-order valence-corrected chi connectivity index (χ2v) is 16.2. The molecule has 6 nitrogen and oxygen atoms in total. The van der Waals surface area contributed by atoms with Gasteiger partial charge < -0.3 is 24.4 Å². The van der Waals surface area contributed by atoms with Crippen LogP contribution in [0.1, 0.15) is 107 Å². The number of hydrogen-bond acceptors (Lipinski definition) is 6. The lowest BCUT2D eigenvalue weighted by Gasteiger charge is -2.68. The standard InChI is InChI=1S/C33H52O6/c1-18(34)37-27-19(16-26(38-27)33(9)29(4,5)39-33)20-10-11-21-30(20,6)14-12-22-31(7)15-13-24(35)28(2,3)23(31)17-25(36)32(21,22)8/h11,19-20,22-27,35-36H,10,12-17H2,1-9H3. The number of rotatable bonds is 3. The number of hydrogen-bond donors (Lipinski definition) is 2. The van der Waals surface area contributed by atoms with Gasteiger partial charge in [-0.3, -0.25) is 4.79 Å². The zero-order valence-electron chi connectivity index (χ0n) is 25.7. The SMILES string of the molecule is CC(=O)OC1OC(C2(C)OC2(C)C)CC1C1CC=C2C1(C)CCC1C3(C)CCC(O)C(C)(C)C3CC(O)C21C. The summed E-state index contributed by atoms with van der Waals surface area (Å²) in [6, 6.07) is 0. The molecule has 0 aromatic rings. The normalized spacial score (nSPS) is 55.2. The van der Waals surface area contributed by atoms with Crippen molar-refractivity contribution in [2.75, 3.05) is 0 Å². The first kappa shape index (κ1) is 28.2. The van der Waals surface area contributed by atoms with Crippen LogP contribution < -0.4 is 0 Å². The van der Waals surface area contributed by atoms with Crippen LogP contribution in [0, 0.1) is 45.3 Å². The highest BCUT2D eigenvalue weighted by molar-refractivity contribution is 5.66. The van der Waals surface area contributed by atoms with Crippen molar-refractivity contribution in [2.45, 2.75) is 143 Å². The first-order chi connectivity index (χ1) is 17.9. The quantitative estimate of drug-likeness (QED) is 0.266. The van der Waals surface area contributed by atoms with E-state index < -0.39 is 12.4 Å². The smallest absolute Gasteiger partial charge is 0.304 e. The lowest BCUT2D eigenvalue weighted by Crippen LogP contribution is -2.65. The van der Waals surface area contributed by atoms with Gasteiger partial charge in [-0.05, 0) is 99.7 Å². The van der Waals surface area contributed by atoms with Gasteiger partial charge in [-0.25, -0.2) is 0 Å². The molecule has 6 aliphatic rings. The third-order valence-electron chi connectivity index (χ3n) is 13.9. The number of allylic oxidation sites excluding steroid dienone is 1. The number of ether oxygens (including phenoxy) is 3. The minimum atomic E-state index is -0.566. The van der Waals surface area contributed by atoms with E-state index in [1.165, 1.54) is 12.5 Å². The van der Waals surface area contributed by atoms with E-state index in [1.54, 1.807) is 0 Å². The largest absolute Gasteiger partial charge is 0.436 e. The second-order valence-electron chi connectivity index (χ2n) is 16.2. The molecule has 4 aliphatic carbocycles. The second kappa shape index (κ2) is 8.33. The summed E-state index contributed by atoms with van der Waals surface area (Å²) in [5.74, 6) is 0.737. The Morgan fingerprint density at radius 2 is 1.62 bits per heavy atom. The lowest BCUT2D eigenvalue weighted by molar-refractivity contribution is -0.214. The van der Waals surface area contributed by atoms with Crippen LogP contribution in [0.3, 0.4) is 0 Å². The van der Waals surface area contributed by atoms with Gasteiger partial charge in [-0.1, -0.05) is 46.3 Å². The van der Waals surface area contributed by atoms with Crippen molar-refractivity contribution in [3.05, 3.63) is 11.6 Å². The van der Waals surface area contributed by atoms with Crippen LogP contribution >= 0.6 is 0 Å². The monoisotopic (exact) mass is 544 g/mol. The molecule has 2 heterocycles. The van der Waals surface area contributed by atoms with Crippen LogP contribution in [0.15, 0.2) is 11.6 Å². The van der Waals surface area contributed by atoms with Gasteiger partial charge in [0.25, 0.3) is 0 Å². The van der Waals surface area contributed by atoms with Crippen LogP contribution in [-0.2, 0) is 19.0 Å². The van der Waals surface area contributed by atoms with Gasteiger partial charge >= 0.3 is 5.97 Å². The molecule has 3 saturated carbocycles. The van der Waals surface area contributed by atoms with Gasteiger partial charge in [-0.15, -0.1) is 0 Å². The Morgan fingerprint density at radius 1 is 0.949 bits per heavy atom. The van der Waals surface area contributed by atoms with E-state index >= 15 is 0 Å². The maximum atomic E-state index is 12.2. The van der Waals surface area contributed by atoms with Crippen LogP contribution in [0.5, 0.6) is 0 Å². The summed E-state index contributed by atoms with van der Waals surface area (Å²) in [6.45, 7) is 19.4. The van der Waals surface area contributed by atoms with E-state index in [1.807, 2.05) is 0 Å². The number of esters is 1. The summed E-state index contributed by atoms with van der Waals surface area (Å²) in [6.07, 6.45) is 7.48. The topological polar surface area (TPSA) is 88.5 Å². The summed E-state index contributed by atoms with van der Waals surface area (Å²) in [7, 11) is 0. The Bertz CT molecular complexity index is 1080. The van der Waals surface area contributed by atoms with Crippen LogP contribution in [-0.4, -0.2) is 52.0 Å². The predicted molar refractivity (Wildman–Crippen MR) is 148 cm³/mol. The Kier molecular flexibility index (Phi) is 6.02. The predicted octanol–water partition coefficient (Wildman–Crippen LogP) is 5.79. The Hall–Kier alpha value is -0.950. The van der Waals surface area contributed by atoms with Gasteiger partial charge in [-0.2, -0.15) is 0 Å². The van der Waals surface area contributed by atoms with Gasteiger partial charge in [0, 0.05) is 18.3 Å². The summed E-state index contributed by atoms with van der Waals surface area (Å²) >= 11 is 0. The molecule has 2 aliphatic heterocycles. The Labute approximate surface area is 235 Å². The molecule has 6 heteroatoms. The number of carbonyl (C=O) groups excluding carboxylic acids is 1. The molecule has 0 radical (unpaired) electrons. The van der Waals surface area contributed by atoms with E-state index in [4.69, 9.17) is 14.2 Å². The molecule has 39 heavy (non-hydrogen) atoms. The first-order valence-corrected chi connectivity index (χ1v) is 15.5. The van der Waals surface area contributed by atoms with Crippen molar-refractivity contribution in [3.8, 4) is 0 Å². The van der Waals surface area contributed by atoms with Crippen molar-refractivity contribution in [3.63, 3.8) is 0 Å². The van der Waals surface area contributed by atoms with E-state index in [9.17, 15) is 15.0 Å². The van der Waals surface area contributed by atoms with Crippen molar-refractivity contribution < 1.29 is 29.2 Å². The highest BCUT2D eigenvalue weighted by Gasteiger charge is 2.71. The molecule has 2 N–H and O–H groups in total. The maximum absolute atomic E-state index is 12.2. The minimum Gasteiger partial charge on any atom is -0.436 e. The molecule has 0 amide bonds. The Balaban J connectivity index is 1.32. The van der Waals surface area contributed by atoms with E-state index in [2.05, 4.69) is 61.5 Å². The van der Waals surface area contributed by atoms with E-state index in [-0.39, 0.29) is 62.9 Å². The summed E-state index contributed by atoms with van der Waals surface area (Å²) in [5, 5.41) is 22.9. The molecule has 0 aromatic heterocycles. The van der Waals surface area contributed by atoms with Crippen LogP contribution in [0.25, 0.3) is 0 Å². The molecular formula is C33H52O6. The van der Waals surface area contributed by atoms with Crippen molar-refractivity contribution in [1.82, 2.24) is 0 Å². The lowest BCUT2D eigenvalue weighted by atomic mass is 9.37. The molecule has 220 valence electrons. The molecule has 2 saturated heterocycles. The van der Waals surface area contributed by atoms with Crippen LogP contribution in [0.2, 0.25) is 0 Å². The number of carbonyl (C=O) groups is 1. The summed E-state index contributed by atoms with van der Waals surface area (Å²) < 4.78 is 18.5. The third-order valence-corrected chi connectivity index (χ3v) is 13.9. The molecule has 0 spiro atoms. The van der Waals surface area contributed by atoms with E-state index in [0.717, 1.165) is 44.9 Å². The molecule has 5 fully saturated rings. The third kappa shape index (κ3) is 3.56. The zero-order valence-corrected chi connectivity index (χ0v) is 25.7. The number of aliphatic hydroxyl groups excluding tert-OH is 2. The molecule has 0 aromatic carbocycles. The fourth-order valence-electron chi connectivity index (χ4n) is 11.3. The van der Waals surface area contributed by atoms with E-state index in [0.29, 0.717) is 11.8 Å². The van der Waals surface area contributed by atoms with Gasteiger partial charge in [0.15, 0.2) is 0 Å². The highest BCUT2D eigenvalue weighted by Crippen LogP contribution is 2.73. The molecule has 6 rings (SSSR count). The molecular weight excluding hydrogens is 492 g/mol.